The lowest BCUT2D eigenvalue weighted by Crippen LogP contribution is -2.35. The van der Waals surface area contributed by atoms with Gasteiger partial charge in [-0.1, -0.05) is 25.2 Å². The van der Waals surface area contributed by atoms with E-state index >= 15 is 0 Å². The van der Waals surface area contributed by atoms with E-state index in [1.807, 2.05) is 18.2 Å². The van der Waals surface area contributed by atoms with E-state index in [-0.39, 0.29) is 16.7 Å². The van der Waals surface area contributed by atoms with Crippen LogP contribution in [0.25, 0.3) is 20.4 Å². The van der Waals surface area contributed by atoms with Crippen molar-refractivity contribution in [1.82, 2.24) is 20.3 Å². The topological polar surface area (TPSA) is 99.8 Å². The van der Waals surface area contributed by atoms with Crippen LogP contribution in [0.4, 0.5) is 11.5 Å². The first-order valence-electron chi connectivity index (χ1n) is 10.4. The van der Waals surface area contributed by atoms with Gasteiger partial charge in [-0.2, -0.15) is 0 Å². The number of carbonyl (C=O) groups excluding carboxylic acids is 1. The zero-order valence-electron chi connectivity index (χ0n) is 17.3. The van der Waals surface area contributed by atoms with Crippen LogP contribution in [0.2, 0.25) is 0 Å². The molecule has 1 unspecified atom stereocenters. The third kappa shape index (κ3) is 3.95. The molecule has 3 N–H and O–H groups in total. The van der Waals surface area contributed by atoms with Gasteiger partial charge in [-0.15, -0.1) is 11.3 Å². The van der Waals surface area contributed by atoms with Crippen molar-refractivity contribution in [2.24, 2.45) is 11.8 Å². The molecule has 1 atom stereocenters. The van der Waals surface area contributed by atoms with Gasteiger partial charge in [-0.25, -0.2) is 9.97 Å². The van der Waals surface area contributed by atoms with Gasteiger partial charge in [0.15, 0.2) is 0 Å². The van der Waals surface area contributed by atoms with Crippen LogP contribution in [0.1, 0.15) is 30.7 Å². The lowest BCUT2D eigenvalue weighted by Gasteiger charge is -2.22. The molecule has 0 radical (unpaired) electrons. The Balaban J connectivity index is 1.43. The van der Waals surface area contributed by atoms with Crippen molar-refractivity contribution >= 4 is 60.5 Å². The van der Waals surface area contributed by atoms with Crippen molar-refractivity contribution in [2.45, 2.75) is 33.1 Å². The molecular weight excluding hydrogens is 430 g/mol. The van der Waals surface area contributed by atoms with Gasteiger partial charge >= 0.3 is 4.87 Å². The van der Waals surface area contributed by atoms with Crippen LogP contribution in [0.3, 0.4) is 0 Å². The second kappa shape index (κ2) is 8.05. The zero-order valence-corrected chi connectivity index (χ0v) is 19.0. The van der Waals surface area contributed by atoms with E-state index in [1.54, 1.807) is 17.7 Å². The summed E-state index contributed by atoms with van der Waals surface area (Å²) < 4.78 is 0.905. The Hall–Kier alpha value is -2.78. The first-order chi connectivity index (χ1) is 15.0. The van der Waals surface area contributed by atoms with Crippen LogP contribution in [-0.4, -0.2) is 27.4 Å². The van der Waals surface area contributed by atoms with Crippen LogP contribution in [0.5, 0.6) is 0 Å². The Morgan fingerprint density at radius 3 is 3.00 bits per heavy atom. The summed E-state index contributed by atoms with van der Waals surface area (Å²) in [4.78, 5) is 38.1. The van der Waals surface area contributed by atoms with E-state index in [0.29, 0.717) is 12.5 Å². The van der Waals surface area contributed by atoms with Gasteiger partial charge in [0.25, 0.3) is 0 Å². The molecule has 0 spiro atoms. The van der Waals surface area contributed by atoms with E-state index < -0.39 is 0 Å². The molecule has 0 fully saturated rings. The number of amides is 1. The van der Waals surface area contributed by atoms with E-state index in [1.165, 1.54) is 21.8 Å². The Morgan fingerprint density at radius 1 is 1.29 bits per heavy atom. The molecule has 4 aromatic rings. The highest BCUT2D eigenvalue weighted by Crippen LogP contribution is 2.40. The van der Waals surface area contributed by atoms with E-state index in [4.69, 9.17) is 0 Å². The number of hydrogen-bond donors (Lipinski definition) is 3. The predicted octanol–water partition coefficient (Wildman–Crippen LogP) is 4.22. The Bertz CT molecular complexity index is 1340. The fraction of sp³-hybridized carbons (Fsp3) is 0.364. The number of rotatable bonds is 5. The summed E-state index contributed by atoms with van der Waals surface area (Å²) in [5.41, 5.74) is 2.97. The van der Waals surface area contributed by atoms with Crippen molar-refractivity contribution in [1.29, 1.82) is 0 Å². The Morgan fingerprint density at radius 2 is 2.16 bits per heavy atom. The van der Waals surface area contributed by atoms with Gasteiger partial charge in [0, 0.05) is 23.0 Å². The SMILES string of the molecule is CC(C)CNC(=O)C1CCc2c(sc3ncnc(Nc4ccc5[nH]c(=O)sc5c4)c23)C1. The maximum absolute atomic E-state index is 12.6. The first-order valence-corrected chi connectivity index (χ1v) is 12.0. The van der Waals surface area contributed by atoms with Gasteiger partial charge in [0.2, 0.25) is 5.91 Å². The minimum absolute atomic E-state index is 0.0162. The molecule has 1 aromatic carbocycles. The average Bonchev–Trinajstić information content (AvgIpc) is 3.30. The van der Waals surface area contributed by atoms with Crippen molar-refractivity contribution in [3.8, 4) is 0 Å². The van der Waals surface area contributed by atoms with Crippen molar-refractivity contribution < 1.29 is 4.79 Å². The van der Waals surface area contributed by atoms with Crippen LogP contribution < -0.4 is 15.5 Å². The molecule has 160 valence electrons. The number of anilines is 2. The normalized spacial score (nSPS) is 16.0. The molecule has 0 saturated carbocycles. The number of H-pyrrole nitrogens is 1. The number of carbonyl (C=O) groups is 1. The average molecular weight is 454 g/mol. The minimum Gasteiger partial charge on any atom is -0.356 e. The van der Waals surface area contributed by atoms with Crippen molar-refractivity contribution in [2.75, 3.05) is 11.9 Å². The lowest BCUT2D eigenvalue weighted by molar-refractivity contribution is -0.125. The smallest absolute Gasteiger partial charge is 0.305 e. The number of thiophene rings is 1. The molecule has 1 amide bonds. The number of thiazole rings is 1. The molecule has 5 rings (SSSR count). The molecular formula is C22H23N5O2S2. The Labute approximate surface area is 186 Å². The van der Waals surface area contributed by atoms with Crippen LogP contribution in [0, 0.1) is 11.8 Å². The number of fused-ring (bicyclic) bond motifs is 4. The summed E-state index contributed by atoms with van der Waals surface area (Å²) in [5, 5.41) is 7.54. The van der Waals surface area contributed by atoms with Gasteiger partial charge < -0.3 is 15.6 Å². The summed E-state index contributed by atoms with van der Waals surface area (Å²) >= 11 is 2.85. The van der Waals surface area contributed by atoms with Crippen LogP contribution >= 0.6 is 22.7 Å². The summed E-state index contributed by atoms with van der Waals surface area (Å²) in [6.07, 6.45) is 4.01. The summed E-state index contributed by atoms with van der Waals surface area (Å²) in [5.74, 6) is 1.39. The first kappa shape index (κ1) is 20.1. The second-order valence-corrected chi connectivity index (χ2v) is 10.4. The third-order valence-corrected chi connectivity index (χ3v) is 7.59. The van der Waals surface area contributed by atoms with Gasteiger partial charge in [-0.05, 0) is 48.9 Å². The highest BCUT2D eigenvalue weighted by molar-refractivity contribution is 7.19. The van der Waals surface area contributed by atoms with E-state index in [9.17, 15) is 9.59 Å². The lowest BCUT2D eigenvalue weighted by atomic mass is 9.87. The molecule has 1 aliphatic carbocycles. The summed E-state index contributed by atoms with van der Waals surface area (Å²) in [6, 6.07) is 5.80. The standard InChI is InChI=1S/C22H23N5O2S2/c1-11(2)9-23-20(28)12-3-5-14-16(7-12)30-21-18(14)19(24-10-25-21)26-13-4-6-15-17(8-13)31-22(29)27-15/h4,6,8,10-12H,3,5,7,9H2,1-2H3,(H,23,28)(H,27,29)(H,24,25,26). The van der Waals surface area contributed by atoms with Gasteiger partial charge in [0.05, 0.1) is 15.6 Å². The molecule has 1 aliphatic rings. The highest BCUT2D eigenvalue weighted by Gasteiger charge is 2.29. The molecule has 31 heavy (non-hydrogen) atoms. The van der Waals surface area contributed by atoms with Gasteiger partial charge in [0.1, 0.15) is 17.0 Å². The monoisotopic (exact) mass is 453 g/mol. The number of hydrogen-bond acceptors (Lipinski definition) is 7. The second-order valence-electron chi connectivity index (χ2n) is 8.34. The van der Waals surface area contributed by atoms with E-state index in [2.05, 4.69) is 39.4 Å². The number of aryl methyl sites for hydroxylation is 1. The van der Waals surface area contributed by atoms with Crippen LogP contribution in [-0.2, 0) is 17.6 Å². The van der Waals surface area contributed by atoms with Crippen molar-refractivity contribution in [3.63, 3.8) is 0 Å². The maximum atomic E-state index is 12.6. The highest BCUT2D eigenvalue weighted by atomic mass is 32.1. The molecule has 3 aromatic heterocycles. The third-order valence-electron chi connectivity index (χ3n) is 5.58. The fourth-order valence-electron chi connectivity index (χ4n) is 4.04. The zero-order chi connectivity index (χ0) is 21.5. The molecule has 0 bridgehead atoms. The van der Waals surface area contributed by atoms with Gasteiger partial charge in [-0.3, -0.25) is 9.59 Å². The summed E-state index contributed by atoms with van der Waals surface area (Å²) in [7, 11) is 0. The molecule has 3 heterocycles. The largest absolute Gasteiger partial charge is 0.356 e. The predicted molar refractivity (Wildman–Crippen MR) is 127 cm³/mol. The molecule has 0 aliphatic heterocycles. The molecule has 9 heteroatoms. The number of aromatic amines is 1. The van der Waals surface area contributed by atoms with Crippen LogP contribution in [0.15, 0.2) is 29.3 Å². The fourth-order valence-corrected chi connectivity index (χ4v) is 6.08. The molecule has 0 saturated heterocycles. The van der Waals surface area contributed by atoms with Crippen molar-refractivity contribution in [3.05, 3.63) is 44.6 Å². The quantitative estimate of drug-likeness (QED) is 0.420. The minimum atomic E-state index is -0.0598. The maximum Gasteiger partial charge on any atom is 0.305 e. The Kier molecular flexibility index (Phi) is 5.23. The number of nitrogens with zero attached hydrogens (tertiary/aromatic N) is 2. The number of aromatic nitrogens is 3. The number of benzene rings is 1. The summed E-state index contributed by atoms with van der Waals surface area (Å²) in [6.45, 7) is 4.92. The van der Waals surface area contributed by atoms with E-state index in [0.717, 1.165) is 51.2 Å². The number of nitrogens with one attached hydrogen (secondary N) is 3. The molecule has 7 nitrogen and oxygen atoms in total.